The number of aromatic nitrogens is 1. The van der Waals surface area contributed by atoms with Crippen LogP contribution in [0.3, 0.4) is 0 Å². The predicted octanol–water partition coefficient (Wildman–Crippen LogP) is 3.59. The summed E-state index contributed by atoms with van der Waals surface area (Å²) in [5.74, 6) is 0.907. The third-order valence-electron chi connectivity index (χ3n) is 3.62. The van der Waals surface area contributed by atoms with Gasteiger partial charge < -0.3 is 10.2 Å². The second-order valence-corrected chi connectivity index (χ2v) is 7.44. The minimum Gasteiger partial charge on any atom is -0.354 e. The molecule has 0 radical (unpaired) electrons. The van der Waals surface area contributed by atoms with Crippen molar-refractivity contribution in [3.8, 4) is 0 Å². The first-order valence-electron chi connectivity index (χ1n) is 7.16. The Morgan fingerprint density at radius 2 is 2.05 bits per heavy atom. The molecule has 3 nitrogen and oxygen atoms in total. The highest BCUT2D eigenvalue weighted by molar-refractivity contribution is 9.10. The van der Waals surface area contributed by atoms with Gasteiger partial charge in [0, 0.05) is 29.3 Å². The van der Waals surface area contributed by atoms with E-state index >= 15 is 0 Å². The van der Waals surface area contributed by atoms with Crippen LogP contribution in [0.5, 0.6) is 0 Å². The molecule has 112 valence electrons. The summed E-state index contributed by atoms with van der Waals surface area (Å²) in [4.78, 5) is 6.25. The van der Waals surface area contributed by atoms with Gasteiger partial charge in [0.25, 0.3) is 0 Å². The molecule has 1 saturated heterocycles. The Bertz CT molecular complexity index is 451. The van der Waals surface area contributed by atoms with Crippen LogP contribution in [0.15, 0.2) is 16.7 Å². The molecule has 1 aromatic rings. The summed E-state index contributed by atoms with van der Waals surface area (Å²) in [5.41, 5.74) is 0.163. The molecular formula is C15H23BrFN3. The van der Waals surface area contributed by atoms with E-state index in [-0.39, 0.29) is 11.4 Å². The van der Waals surface area contributed by atoms with E-state index in [1.807, 2.05) is 0 Å². The van der Waals surface area contributed by atoms with Crippen LogP contribution >= 0.6 is 15.9 Å². The van der Waals surface area contributed by atoms with Crippen molar-refractivity contribution in [2.75, 3.05) is 24.5 Å². The molecule has 0 bridgehead atoms. The number of hydrogen-bond donors (Lipinski definition) is 1. The summed E-state index contributed by atoms with van der Waals surface area (Å²) in [7, 11) is 0. The van der Waals surface area contributed by atoms with Crippen LogP contribution < -0.4 is 10.2 Å². The average Bonchev–Trinajstić information content (AvgIpc) is 2.36. The summed E-state index contributed by atoms with van der Waals surface area (Å²) < 4.78 is 14.6. The quantitative estimate of drug-likeness (QED) is 0.908. The van der Waals surface area contributed by atoms with Gasteiger partial charge in [-0.2, -0.15) is 0 Å². The normalized spacial score (nSPS) is 17.6. The van der Waals surface area contributed by atoms with Crippen molar-refractivity contribution < 1.29 is 4.39 Å². The third-order valence-corrected chi connectivity index (χ3v) is 4.06. The molecule has 0 atom stereocenters. The lowest BCUT2D eigenvalue weighted by atomic mass is 9.95. The number of halogens is 2. The van der Waals surface area contributed by atoms with E-state index < -0.39 is 0 Å². The molecule has 0 unspecified atom stereocenters. The van der Waals surface area contributed by atoms with E-state index in [4.69, 9.17) is 0 Å². The second kappa shape index (κ2) is 6.39. The Labute approximate surface area is 129 Å². The van der Waals surface area contributed by atoms with Crippen LogP contribution in [0.4, 0.5) is 10.2 Å². The smallest absolute Gasteiger partial charge is 0.166 e. The highest BCUT2D eigenvalue weighted by Gasteiger charge is 2.23. The number of hydrogen-bond acceptors (Lipinski definition) is 3. The summed E-state index contributed by atoms with van der Waals surface area (Å²) in [6, 6.07) is 1.48. The molecular weight excluding hydrogens is 321 g/mol. The van der Waals surface area contributed by atoms with Crippen molar-refractivity contribution in [2.45, 2.75) is 39.2 Å². The maximum Gasteiger partial charge on any atom is 0.166 e. The molecule has 1 N–H and O–H groups in total. The Morgan fingerprint density at radius 1 is 1.40 bits per heavy atom. The Balaban J connectivity index is 1.88. The van der Waals surface area contributed by atoms with Crippen molar-refractivity contribution in [1.82, 2.24) is 10.3 Å². The topological polar surface area (TPSA) is 28.2 Å². The summed E-state index contributed by atoms with van der Waals surface area (Å²) in [6.07, 6.45) is 3.83. The van der Waals surface area contributed by atoms with Gasteiger partial charge in [-0.05, 0) is 68.1 Å². The van der Waals surface area contributed by atoms with Gasteiger partial charge >= 0.3 is 0 Å². The van der Waals surface area contributed by atoms with E-state index in [1.54, 1.807) is 6.20 Å². The number of rotatable bonds is 3. The van der Waals surface area contributed by atoms with Gasteiger partial charge in [0.15, 0.2) is 11.6 Å². The van der Waals surface area contributed by atoms with E-state index in [0.717, 1.165) is 32.5 Å². The highest BCUT2D eigenvalue weighted by Crippen LogP contribution is 2.25. The van der Waals surface area contributed by atoms with E-state index in [1.165, 1.54) is 6.07 Å². The van der Waals surface area contributed by atoms with Crippen LogP contribution in [0.1, 0.15) is 33.6 Å². The van der Waals surface area contributed by atoms with Crippen molar-refractivity contribution in [3.63, 3.8) is 0 Å². The fourth-order valence-electron chi connectivity index (χ4n) is 2.44. The van der Waals surface area contributed by atoms with Crippen LogP contribution in [-0.2, 0) is 0 Å². The van der Waals surface area contributed by atoms with E-state index in [2.05, 4.69) is 51.9 Å². The largest absolute Gasteiger partial charge is 0.354 e. The first-order valence-corrected chi connectivity index (χ1v) is 7.95. The number of nitrogens with zero attached hydrogens (tertiary/aromatic N) is 2. The van der Waals surface area contributed by atoms with Crippen LogP contribution in [0.2, 0.25) is 0 Å². The van der Waals surface area contributed by atoms with Crippen molar-refractivity contribution in [2.24, 2.45) is 5.92 Å². The average molecular weight is 344 g/mol. The monoisotopic (exact) mass is 343 g/mol. The summed E-state index contributed by atoms with van der Waals surface area (Å²) in [5, 5.41) is 3.55. The van der Waals surface area contributed by atoms with Gasteiger partial charge in [0.2, 0.25) is 0 Å². The molecule has 0 aliphatic carbocycles. The third kappa shape index (κ3) is 4.42. The molecule has 1 fully saturated rings. The fourth-order valence-corrected chi connectivity index (χ4v) is 2.74. The van der Waals surface area contributed by atoms with Crippen molar-refractivity contribution in [1.29, 1.82) is 0 Å². The number of pyridine rings is 1. The SMILES string of the molecule is CC(C)(C)NCC1CCN(c2ncc(Br)cc2F)CC1. The molecule has 0 aromatic carbocycles. The minimum absolute atomic E-state index is 0.163. The Kier molecular flexibility index (Phi) is 5.02. The lowest BCUT2D eigenvalue weighted by molar-refractivity contribution is 0.327. The highest BCUT2D eigenvalue weighted by atomic mass is 79.9. The lowest BCUT2D eigenvalue weighted by Gasteiger charge is -2.34. The van der Waals surface area contributed by atoms with E-state index in [9.17, 15) is 4.39 Å². The zero-order valence-electron chi connectivity index (χ0n) is 12.4. The summed E-state index contributed by atoms with van der Waals surface area (Å²) in [6.45, 7) is 9.34. The van der Waals surface area contributed by atoms with Crippen LogP contribution in [-0.4, -0.2) is 30.2 Å². The van der Waals surface area contributed by atoms with Crippen LogP contribution in [0, 0.1) is 11.7 Å². The molecule has 0 saturated carbocycles. The predicted molar refractivity (Wildman–Crippen MR) is 84.6 cm³/mol. The minimum atomic E-state index is -0.245. The zero-order valence-corrected chi connectivity index (χ0v) is 14.0. The Hall–Kier alpha value is -0.680. The number of nitrogens with one attached hydrogen (secondary N) is 1. The molecule has 20 heavy (non-hydrogen) atoms. The molecule has 1 aromatic heterocycles. The molecule has 2 heterocycles. The van der Waals surface area contributed by atoms with Gasteiger partial charge in [0.05, 0.1) is 0 Å². The van der Waals surface area contributed by atoms with E-state index in [0.29, 0.717) is 16.2 Å². The van der Waals surface area contributed by atoms with Gasteiger partial charge in [-0.15, -0.1) is 0 Å². The molecule has 1 aliphatic rings. The standard InChI is InChI=1S/C15H23BrFN3/c1-15(2,3)19-9-11-4-6-20(7-5-11)14-13(17)8-12(16)10-18-14/h8,10-11,19H,4-7,9H2,1-3H3. The van der Waals surface area contributed by atoms with Gasteiger partial charge in [-0.25, -0.2) is 9.37 Å². The number of piperidine rings is 1. The Morgan fingerprint density at radius 3 is 2.60 bits per heavy atom. The van der Waals surface area contributed by atoms with Crippen molar-refractivity contribution in [3.05, 3.63) is 22.6 Å². The maximum absolute atomic E-state index is 13.9. The van der Waals surface area contributed by atoms with Crippen molar-refractivity contribution >= 4 is 21.7 Å². The molecule has 5 heteroatoms. The zero-order chi connectivity index (χ0) is 14.8. The molecule has 0 amide bonds. The second-order valence-electron chi connectivity index (χ2n) is 6.52. The lowest BCUT2D eigenvalue weighted by Crippen LogP contribution is -2.43. The van der Waals surface area contributed by atoms with Gasteiger partial charge in [-0.1, -0.05) is 0 Å². The first kappa shape index (κ1) is 15.7. The summed E-state index contributed by atoms with van der Waals surface area (Å²) >= 11 is 3.24. The number of anilines is 1. The molecule has 2 rings (SSSR count). The molecule has 1 aliphatic heterocycles. The maximum atomic E-state index is 13.9. The molecule has 0 spiro atoms. The van der Waals surface area contributed by atoms with Gasteiger partial charge in [0.1, 0.15) is 0 Å². The first-order chi connectivity index (χ1) is 9.35. The fraction of sp³-hybridized carbons (Fsp3) is 0.667. The van der Waals surface area contributed by atoms with Gasteiger partial charge in [-0.3, -0.25) is 0 Å². The van der Waals surface area contributed by atoms with Crippen LogP contribution in [0.25, 0.3) is 0 Å².